The highest BCUT2D eigenvalue weighted by Crippen LogP contribution is 2.24. The van der Waals surface area contributed by atoms with E-state index in [2.05, 4.69) is 28.6 Å². The molecule has 21 heavy (non-hydrogen) atoms. The molecule has 4 nitrogen and oxygen atoms in total. The summed E-state index contributed by atoms with van der Waals surface area (Å²) >= 11 is 1.82. The molecule has 1 N–H and O–H groups in total. The van der Waals surface area contributed by atoms with E-state index in [1.54, 1.807) is 0 Å². The lowest BCUT2D eigenvalue weighted by Gasteiger charge is -2.35. The molecular formula is C16H25N3OS. The Morgan fingerprint density at radius 3 is 3.24 bits per heavy atom. The molecule has 1 saturated heterocycles. The second kappa shape index (κ2) is 6.90. The number of carbonyl (C=O) groups is 1. The van der Waals surface area contributed by atoms with Crippen molar-refractivity contribution in [2.24, 2.45) is 0 Å². The van der Waals surface area contributed by atoms with E-state index >= 15 is 0 Å². The summed E-state index contributed by atoms with van der Waals surface area (Å²) in [6.45, 7) is 7.52. The molecule has 1 aromatic heterocycles. The lowest BCUT2D eigenvalue weighted by molar-refractivity contribution is -0.134. The van der Waals surface area contributed by atoms with Crippen LogP contribution >= 0.6 is 11.3 Å². The maximum absolute atomic E-state index is 12.6. The van der Waals surface area contributed by atoms with Gasteiger partial charge in [0.25, 0.3) is 0 Å². The molecule has 0 radical (unpaired) electrons. The fourth-order valence-corrected chi connectivity index (χ4v) is 4.27. The molecule has 1 amide bonds. The molecule has 5 heteroatoms. The fraction of sp³-hybridized carbons (Fsp3) is 0.688. The van der Waals surface area contributed by atoms with Crippen LogP contribution in [0, 0.1) is 0 Å². The molecule has 0 spiro atoms. The minimum Gasteiger partial charge on any atom is -0.337 e. The molecule has 2 aliphatic rings. The Kier molecular flexibility index (Phi) is 4.93. The number of fused-ring (bicyclic) bond motifs is 1. The summed E-state index contributed by atoms with van der Waals surface area (Å²) in [6.07, 6.45) is 3.45. The second-order valence-electron chi connectivity index (χ2n) is 6.00. The van der Waals surface area contributed by atoms with Gasteiger partial charge in [-0.25, -0.2) is 0 Å². The number of amides is 1. The zero-order chi connectivity index (χ0) is 14.7. The first kappa shape index (κ1) is 15.0. The van der Waals surface area contributed by atoms with Crippen molar-refractivity contribution in [3.05, 3.63) is 21.9 Å². The van der Waals surface area contributed by atoms with Crippen LogP contribution in [-0.2, 0) is 17.8 Å². The number of rotatable bonds is 4. The summed E-state index contributed by atoms with van der Waals surface area (Å²) in [7, 11) is 0. The van der Waals surface area contributed by atoms with Gasteiger partial charge in [0.2, 0.25) is 5.91 Å². The highest BCUT2D eigenvalue weighted by molar-refractivity contribution is 7.10. The monoisotopic (exact) mass is 307 g/mol. The van der Waals surface area contributed by atoms with Gasteiger partial charge in [-0.1, -0.05) is 6.92 Å². The zero-order valence-electron chi connectivity index (χ0n) is 12.8. The number of hydrogen-bond donors (Lipinski definition) is 1. The van der Waals surface area contributed by atoms with E-state index in [4.69, 9.17) is 0 Å². The summed E-state index contributed by atoms with van der Waals surface area (Å²) in [5, 5.41) is 5.59. The maximum Gasteiger partial charge on any atom is 0.237 e. The molecule has 1 atom stereocenters. The normalized spacial score (nSPS) is 22.4. The van der Waals surface area contributed by atoms with Gasteiger partial charge in [0.05, 0.1) is 6.54 Å². The third-order valence-corrected chi connectivity index (χ3v) is 5.72. The number of piperidine rings is 1. The lowest BCUT2D eigenvalue weighted by atomic mass is 10.1. The maximum atomic E-state index is 12.6. The van der Waals surface area contributed by atoms with Crippen molar-refractivity contribution in [1.82, 2.24) is 15.1 Å². The molecule has 1 aromatic rings. The first-order valence-corrected chi connectivity index (χ1v) is 8.93. The molecule has 2 aliphatic heterocycles. The van der Waals surface area contributed by atoms with Crippen LogP contribution in [0.15, 0.2) is 11.4 Å². The van der Waals surface area contributed by atoms with Crippen molar-refractivity contribution in [1.29, 1.82) is 0 Å². The molecular weight excluding hydrogens is 282 g/mol. The fourth-order valence-electron chi connectivity index (χ4n) is 3.38. The van der Waals surface area contributed by atoms with Crippen molar-refractivity contribution in [3.8, 4) is 0 Å². The molecule has 1 fully saturated rings. The number of nitrogens with one attached hydrogen (secondary N) is 1. The first-order valence-electron chi connectivity index (χ1n) is 8.05. The van der Waals surface area contributed by atoms with Gasteiger partial charge in [-0.05, 0) is 49.4 Å². The molecule has 3 heterocycles. The van der Waals surface area contributed by atoms with Gasteiger partial charge in [-0.3, -0.25) is 9.69 Å². The Morgan fingerprint density at radius 1 is 1.57 bits per heavy atom. The van der Waals surface area contributed by atoms with Crippen LogP contribution in [0.25, 0.3) is 0 Å². The summed E-state index contributed by atoms with van der Waals surface area (Å²) in [5.41, 5.74) is 1.35. The van der Waals surface area contributed by atoms with Crippen molar-refractivity contribution in [3.63, 3.8) is 0 Å². The molecule has 0 bridgehead atoms. The average molecular weight is 307 g/mol. The number of nitrogens with zero attached hydrogens (tertiary/aromatic N) is 2. The van der Waals surface area contributed by atoms with Crippen LogP contribution in [0.5, 0.6) is 0 Å². The number of thiophene rings is 1. The standard InChI is InChI=1S/C16H25N3OS/c1-2-18(14-4-3-7-17-10-14)12-16(20)19-8-5-15-13(11-19)6-9-21-15/h6,9,14,17H,2-5,7-8,10-12H2,1H3. The SMILES string of the molecule is CCN(CC(=O)N1CCc2sccc2C1)C1CCCNC1. The predicted molar refractivity (Wildman–Crippen MR) is 86.6 cm³/mol. The topological polar surface area (TPSA) is 35.6 Å². The van der Waals surface area contributed by atoms with E-state index in [1.165, 1.54) is 23.3 Å². The Hall–Kier alpha value is -0.910. The van der Waals surface area contributed by atoms with Gasteiger partial charge in [0.15, 0.2) is 0 Å². The molecule has 116 valence electrons. The van der Waals surface area contributed by atoms with Crippen molar-refractivity contribution in [2.45, 2.75) is 38.8 Å². The second-order valence-corrected chi connectivity index (χ2v) is 7.00. The largest absolute Gasteiger partial charge is 0.337 e. The zero-order valence-corrected chi connectivity index (χ0v) is 13.6. The summed E-state index contributed by atoms with van der Waals surface area (Å²) in [4.78, 5) is 18.5. The third-order valence-electron chi connectivity index (χ3n) is 4.69. The smallest absolute Gasteiger partial charge is 0.237 e. The van der Waals surface area contributed by atoms with Gasteiger partial charge in [-0.2, -0.15) is 0 Å². The van der Waals surface area contributed by atoms with Crippen LogP contribution in [0.1, 0.15) is 30.2 Å². The van der Waals surface area contributed by atoms with E-state index in [0.29, 0.717) is 18.5 Å². The van der Waals surface area contributed by atoms with Gasteiger partial charge in [-0.15, -0.1) is 11.3 Å². The Balaban J connectivity index is 1.57. The van der Waals surface area contributed by atoms with E-state index in [-0.39, 0.29) is 0 Å². The number of carbonyl (C=O) groups excluding carboxylic acids is 1. The predicted octanol–water partition coefficient (Wildman–Crippen LogP) is 1.71. The Labute approximate surface area is 131 Å². The van der Waals surface area contributed by atoms with E-state index in [1.807, 2.05) is 16.2 Å². The minimum atomic E-state index is 0.291. The highest BCUT2D eigenvalue weighted by atomic mass is 32.1. The van der Waals surface area contributed by atoms with Crippen LogP contribution in [0.3, 0.4) is 0 Å². The molecule has 3 rings (SSSR count). The van der Waals surface area contributed by atoms with Crippen LogP contribution in [-0.4, -0.2) is 54.5 Å². The van der Waals surface area contributed by atoms with Crippen LogP contribution in [0.2, 0.25) is 0 Å². The molecule has 0 aromatic carbocycles. The van der Waals surface area contributed by atoms with Gasteiger partial charge < -0.3 is 10.2 Å². The van der Waals surface area contributed by atoms with Gasteiger partial charge >= 0.3 is 0 Å². The number of likely N-dealkylation sites (N-methyl/N-ethyl adjacent to an activating group) is 1. The highest BCUT2D eigenvalue weighted by Gasteiger charge is 2.26. The van der Waals surface area contributed by atoms with Crippen LogP contribution in [0.4, 0.5) is 0 Å². The Bertz CT molecular complexity index is 482. The minimum absolute atomic E-state index is 0.291. The summed E-state index contributed by atoms with van der Waals surface area (Å²) in [6, 6.07) is 2.69. The van der Waals surface area contributed by atoms with E-state index < -0.39 is 0 Å². The molecule has 0 aliphatic carbocycles. The third kappa shape index (κ3) is 3.47. The van der Waals surface area contributed by atoms with Gasteiger partial charge in [0.1, 0.15) is 0 Å². The average Bonchev–Trinajstić information content (AvgIpc) is 3.00. The molecule has 0 saturated carbocycles. The molecule has 1 unspecified atom stereocenters. The first-order chi connectivity index (χ1) is 10.3. The quantitative estimate of drug-likeness (QED) is 0.920. The number of hydrogen-bond acceptors (Lipinski definition) is 4. The van der Waals surface area contributed by atoms with Crippen molar-refractivity contribution < 1.29 is 4.79 Å². The summed E-state index contributed by atoms with van der Waals surface area (Å²) < 4.78 is 0. The Morgan fingerprint density at radius 2 is 2.48 bits per heavy atom. The van der Waals surface area contributed by atoms with Crippen molar-refractivity contribution in [2.75, 3.05) is 32.7 Å². The lowest BCUT2D eigenvalue weighted by Crippen LogP contribution is -2.50. The van der Waals surface area contributed by atoms with E-state index in [9.17, 15) is 4.79 Å². The van der Waals surface area contributed by atoms with Crippen LogP contribution < -0.4 is 5.32 Å². The van der Waals surface area contributed by atoms with Crippen molar-refractivity contribution >= 4 is 17.2 Å². The van der Waals surface area contributed by atoms with Gasteiger partial charge in [0, 0.05) is 30.6 Å². The van der Waals surface area contributed by atoms with E-state index in [0.717, 1.165) is 39.1 Å². The summed E-state index contributed by atoms with van der Waals surface area (Å²) in [5.74, 6) is 0.291.